The summed E-state index contributed by atoms with van der Waals surface area (Å²) in [5.74, 6) is -0.849. The molecular weight excluding hydrogens is 347 g/mol. The van der Waals surface area contributed by atoms with Crippen LogP contribution >= 0.6 is 23.2 Å². The molecule has 2 atom stereocenters. The number of carbonyl (C=O) groups excluding carboxylic acids is 2. The predicted molar refractivity (Wildman–Crippen MR) is 94.3 cm³/mol. The lowest BCUT2D eigenvalue weighted by Crippen LogP contribution is -2.50. The number of halogens is 2. The molecule has 2 amide bonds. The minimum atomic E-state index is -0.677. The Labute approximate surface area is 149 Å². The van der Waals surface area contributed by atoms with Gasteiger partial charge in [-0.2, -0.15) is 0 Å². The highest BCUT2D eigenvalue weighted by atomic mass is 35.5. The van der Waals surface area contributed by atoms with Gasteiger partial charge in [0, 0.05) is 21.3 Å². The molecule has 1 aliphatic rings. The highest BCUT2D eigenvalue weighted by Crippen LogP contribution is 2.35. The van der Waals surface area contributed by atoms with Crippen LogP contribution in [0.2, 0.25) is 10.0 Å². The second-order valence-corrected chi connectivity index (χ2v) is 6.32. The minimum absolute atomic E-state index is 0.172. The molecule has 0 unspecified atom stereocenters. The molecule has 1 heterocycles. The van der Waals surface area contributed by atoms with Gasteiger partial charge in [0.2, 0.25) is 0 Å². The summed E-state index contributed by atoms with van der Waals surface area (Å²) < 4.78 is 0. The van der Waals surface area contributed by atoms with E-state index in [1.807, 2.05) is 6.07 Å². The van der Waals surface area contributed by atoms with Gasteiger partial charge in [0.1, 0.15) is 0 Å². The number of urea groups is 1. The molecule has 3 rings (SSSR count). The normalized spacial score (nSPS) is 20.2. The number of nitrogens with one attached hydrogen (secondary N) is 2. The predicted octanol–water partition coefficient (Wildman–Crippen LogP) is 4.36. The van der Waals surface area contributed by atoms with E-state index in [-0.39, 0.29) is 5.78 Å². The number of hydrogen-bond acceptors (Lipinski definition) is 2. The quantitative estimate of drug-likeness (QED) is 0.798. The molecule has 0 saturated carbocycles. The van der Waals surface area contributed by atoms with Crippen molar-refractivity contribution in [3.8, 4) is 0 Å². The Morgan fingerprint density at radius 1 is 1.04 bits per heavy atom. The highest BCUT2D eigenvalue weighted by molar-refractivity contribution is 6.31. The third-order valence-electron chi connectivity index (χ3n) is 3.92. The molecule has 0 bridgehead atoms. The van der Waals surface area contributed by atoms with Gasteiger partial charge in [-0.05, 0) is 35.9 Å². The first-order valence-corrected chi connectivity index (χ1v) is 8.03. The van der Waals surface area contributed by atoms with Gasteiger partial charge in [0.15, 0.2) is 5.78 Å². The van der Waals surface area contributed by atoms with E-state index in [1.54, 1.807) is 42.5 Å². The first kappa shape index (κ1) is 16.6. The first-order chi connectivity index (χ1) is 11.5. The first-order valence-electron chi connectivity index (χ1n) is 7.28. The molecule has 24 heavy (non-hydrogen) atoms. The zero-order chi connectivity index (χ0) is 17.3. The zero-order valence-electron chi connectivity index (χ0n) is 12.6. The van der Waals surface area contributed by atoms with Gasteiger partial charge in [0.25, 0.3) is 0 Å². The van der Waals surface area contributed by atoms with Gasteiger partial charge in [0.05, 0.1) is 12.0 Å². The largest absolute Gasteiger partial charge is 0.330 e. The van der Waals surface area contributed by atoms with Gasteiger partial charge >= 0.3 is 6.03 Å². The fourth-order valence-electron chi connectivity index (χ4n) is 2.77. The number of ketones is 1. The van der Waals surface area contributed by atoms with E-state index in [0.717, 1.165) is 0 Å². The van der Waals surface area contributed by atoms with E-state index in [0.29, 0.717) is 26.9 Å². The average Bonchev–Trinajstić information content (AvgIpc) is 2.55. The Bertz CT molecular complexity index is 818. The van der Waals surface area contributed by atoms with Crippen LogP contribution in [0.1, 0.15) is 22.0 Å². The van der Waals surface area contributed by atoms with Crippen LogP contribution in [-0.2, 0) is 0 Å². The monoisotopic (exact) mass is 360 g/mol. The number of benzene rings is 2. The summed E-state index contributed by atoms with van der Waals surface area (Å²) in [5.41, 5.74) is 1.49. The Kier molecular flexibility index (Phi) is 4.60. The van der Waals surface area contributed by atoms with E-state index in [1.165, 1.54) is 0 Å². The Balaban J connectivity index is 2.02. The Hall–Kier alpha value is -2.30. The standard InChI is InChI=1S/C18H14Cl2N2O2/c1-10-15(17(23)11-6-8-12(19)9-7-11)16(22-18(24)21-10)13-4-2-3-5-14(13)20/h2-9,15-16H,1H2,(H2,21,22,24)/t15-,16-/m1/s1. The van der Waals surface area contributed by atoms with E-state index >= 15 is 0 Å². The van der Waals surface area contributed by atoms with E-state index in [4.69, 9.17) is 23.2 Å². The van der Waals surface area contributed by atoms with Crippen LogP contribution in [0.4, 0.5) is 4.79 Å². The van der Waals surface area contributed by atoms with Gasteiger partial charge in [-0.15, -0.1) is 0 Å². The summed E-state index contributed by atoms with van der Waals surface area (Å²) in [7, 11) is 0. The second kappa shape index (κ2) is 6.67. The summed E-state index contributed by atoms with van der Waals surface area (Å²) in [6, 6.07) is 12.7. The summed E-state index contributed by atoms with van der Waals surface area (Å²) >= 11 is 12.1. The molecule has 122 valence electrons. The van der Waals surface area contributed by atoms with Crippen molar-refractivity contribution in [2.75, 3.05) is 0 Å². The summed E-state index contributed by atoms with van der Waals surface area (Å²) in [6.45, 7) is 3.85. The SMILES string of the molecule is C=C1NC(=O)N[C@H](c2ccccc2Cl)[C@@H]1C(=O)c1ccc(Cl)cc1. The zero-order valence-corrected chi connectivity index (χ0v) is 14.1. The molecule has 2 aromatic rings. The summed E-state index contributed by atoms with van der Waals surface area (Å²) in [4.78, 5) is 24.8. The Morgan fingerprint density at radius 3 is 2.38 bits per heavy atom. The van der Waals surface area contributed by atoms with Crippen molar-refractivity contribution in [2.24, 2.45) is 5.92 Å². The number of amides is 2. The number of Topliss-reactive ketones (excluding diaryl/α,β-unsaturated/α-hetero) is 1. The minimum Gasteiger partial charge on any atom is -0.330 e. The fourth-order valence-corrected chi connectivity index (χ4v) is 3.15. The van der Waals surface area contributed by atoms with Crippen LogP contribution in [0.25, 0.3) is 0 Å². The molecular formula is C18H14Cl2N2O2. The molecule has 1 saturated heterocycles. The number of carbonyl (C=O) groups is 2. The molecule has 0 radical (unpaired) electrons. The van der Waals surface area contributed by atoms with Crippen molar-refractivity contribution < 1.29 is 9.59 Å². The van der Waals surface area contributed by atoms with Crippen molar-refractivity contribution in [1.82, 2.24) is 10.6 Å². The smallest absolute Gasteiger partial charge is 0.319 e. The maximum Gasteiger partial charge on any atom is 0.319 e. The average molecular weight is 361 g/mol. The van der Waals surface area contributed by atoms with Crippen LogP contribution in [0.15, 0.2) is 60.8 Å². The lowest BCUT2D eigenvalue weighted by molar-refractivity contribution is 0.0905. The van der Waals surface area contributed by atoms with E-state index in [2.05, 4.69) is 17.2 Å². The van der Waals surface area contributed by atoms with Crippen molar-refractivity contribution >= 4 is 35.0 Å². The molecule has 4 nitrogen and oxygen atoms in total. The molecule has 0 spiro atoms. The maximum absolute atomic E-state index is 13.0. The maximum atomic E-state index is 13.0. The lowest BCUT2D eigenvalue weighted by atomic mass is 9.83. The molecule has 1 fully saturated rings. The number of hydrogen-bond donors (Lipinski definition) is 2. The molecule has 2 aromatic carbocycles. The molecule has 2 N–H and O–H groups in total. The van der Waals surface area contributed by atoms with E-state index < -0.39 is 18.0 Å². The summed E-state index contributed by atoms with van der Waals surface area (Å²) in [5, 5.41) is 6.37. The van der Waals surface area contributed by atoms with Crippen molar-refractivity contribution in [2.45, 2.75) is 6.04 Å². The summed E-state index contributed by atoms with van der Waals surface area (Å²) in [6.07, 6.45) is 0. The van der Waals surface area contributed by atoms with Crippen molar-refractivity contribution in [1.29, 1.82) is 0 Å². The van der Waals surface area contributed by atoms with Crippen LogP contribution in [0.5, 0.6) is 0 Å². The van der Waals surface area contributed by atoms with Gasteiger partial charge in [-0.1, -0.05) is 48.0 Å². The highest BCUT2D eigenvalue weighted by Gasteiger charge is 2.38. The van der Waals surface area contributed by atoms with E-state index in [9.17, 15) is 9.59 Å². The van der Waals surface area contributed by atoms with Gasteiger partial charge in [-0.25, -0.2) is 4.79 Å². The molecule has 0 aliphatic carbocycles. The van der Waals surface area contributed by atoms with Gasteiger partial charge < -0.3 is 10.6 Å². The molecule has 6 heteroatoms. The topological polar surface area (TPSA) is 58.2 Å². The molecule has 0 aromatic heterocycles. The third kappa shape index (κ3) is 3.16. The van der Waals surface area contributed by atoms with Crippen LogP contribution < -0.4 is 10.6 Å². The van der Waals surface area contributed by atoms with Crippen molar-refractivity contribution in [3.63, 3.8) is 0 Å². The second-order valence-electron chi connectivity index (χ2n) is 5.47. The van der Waals surface area contributed by atoms with Gasteiger partial charge in [-0.3, -0.25) is 4.79 Å². The Morgan fingerprint density at radius 2 is 1.71 bits per heavy atom. The van der Waals surface area contributed by atoms with Crippen LogP contribution in [0.3, 0.4) is 0 Å². The third-order valence-corrected chi connectivity index (χ3v) is 4.52. The van der Waals surface area contributed by atoms with Crippen molar-refractivity contribution in [3.05, 3.63) is 82.0 Å². The van der Waals surface area contributed by atoms with Crippen LogP contribution in [0, 0.1) is 5.92 Å². The fraction of sp³-hybridized carbons (Fsp3) is 0.111. The molecule has 1 aliphatic heterocycles. The lowest BCUT2D eigenvalue weighted by Gasteiger charge is -2.34. The van der Waals surface area contributed by atoms with Crippen LogP contribution in [-0.4, -0.2) is 11.8 Å². The number of rotatable bonds is 3.